The maximum atomic E-state index is 10.3. The highest BCUT2D eigenvalue weighted by atomic mass is 32.2. The van der Waals surface area contributed by atoms with Crippen LogP contribution >= 0.6 is 23.5 Å². The van der Waals surface area contributed by atoms with Gasteiger partial charge in [-0.3, -0.25) is 9.97 Å². The normalized spacial score (nSPS) is 35.8. The van der Waals surface area contributed by atoms with E-state index in [1.54, 1.807) is 24.5 Å². The molecule has 2 fully saturated rings. The van der Waals surface area contributed by atoms with E-state index in [-0.39, 0.29) is 0 Å². The molecule has 38 heavy (non-hydrogen) atoms. The Balaban J connectivity index is 1.38. The van der Waals surface area contributed by atoms with Crippen molar-refractivity contribution >= 4 is 23.5 Å². The number of hydrogen-bond acceptors (Lipinski definition) is 14. The molecule has 2 aliphatic rings. The first-order valence-electron chi connectivity index (χ1n) is 12.0. The fourth-order valence-corrected chi connectivity index (χ4v) is 6.41. The van der Waals surface area contributed by atoms with Crippen LogP contribution in [-0.4, -0.2) is 124 Å². The van der Waals surface area contributed by atoms with Gasteiger partial charge in [-0.25, -0.2) is 0 Å². The number of thioether (sulfide) groups is 2. The second-order valence-electron chi connectivity index (χ2n) is 9.12. The molecule has 0 bridgehead atoms. The lowest BCUT2D eigenvalue weighted by Gasteiger charge is -2.39. The van der Waals surface area contributed by atoms with Gasteiger partial charge in [-0.15, -0.1) is 23.5 Å². The summed E-state index contributed by atoms with van der Waals surface area (Å²) in [5.41, 5.74) is 1.19. The highest BCUT2D eigenvalue weighted by Gasteiger charge is 2.44. The van der Waals surface area contributed by atoms with Gasteiger partial charge in [0.15, 0.2) is 0 Å². The molecule has 0 spiro atoms. The molecular formula is C24H32N2O10S2. The molecule has 8 N–H and O–H groups in total. The molecule has 0 radical (unpaired) electrons. The predicted octanol–water partition coefficient (Wildman–Crippen LogP) is -1.79. The Bertz CT molecular complexity index is 969. The summed E-state index contributed by atoms with van der Waals surface area (Å²) >= 11 is 2.43. The van der Waals surface area contributed by atoms with Crippen LogP contribution in [0.1, 0.15) is 11.1 Å². The molecule has 0 amide bonds. The quantitative estimate of drug-likeness (QED) is 0.167. The van der Waals surface area contributed by atoms with E-state index in [2.05, 4.69) is 9.97 Å². The molecule has 2 aromatic heterocycles. The predicted molar refractivity (Wildman–Crippen MR) is 138 cm³/mol. The van der Waals surface area contributed by atoms with Gasteiger partial charge in [-0.2, -0.15) is 0 Å². The van der Waals surface area contributed by atoms with Crippen LogP contribution < -0.4 is 0 Å². The summed E-state index contributed by atoms with van der Waals surface area (Å²) in [6, 6.07) is 7.24. The SMILES string of the molecule is OC[C@H]1O[C@@H](SCc2ccnc(-c3cc(CS[C@@H]4O[C@H](CO)[C@@H](O)[C@H](O)[C@H]4O)ccn3)c2)[C@H](O)[C@@H](O)[C@@H]1O. The van der Waals surface area contributed by atoms with Gasteiger partial charge < -0.3 is 50.3 Å². The number of aliphatic hydroxyl groups excluding tert-OH is 8. The lowest BCUT2D eigenvalue weighted by molar-refractivity contribution is -0.205. The molecule has 0 aliphatic carbocycles. The van der Waals surface area contributed by atoms with Crippen molar-refractivity contribution in [3.8, 4) is 11.4 Å². The van der Waals surface area contributed by atoms with E-state index in [1.165, 1.54) is 23.5 Å². The lowest BCUT2D eigenvalue weighted by atomic mass is 10.0. The van der Waals surface area contributed by atoms with Gasteiger partial charge >= 0.3 is 0 Å². The van der Waals surface area contributed by atoms with Crippen molar-refractivity contribution < 1.29 is 50.3 Å². The Labute approximate surface area is 227 Å². The van der Waals surface area contributed by atoms with E-state index in [0.717, 1.165) is 11.1 Å². The summed E-state index contributed by atoms with van der Waals surface area (Å²) in [7, 11) is 0. The van der Waals surface area contributed by atoms with Gasteiger partial charge in [-0.1, -0.05) is 0 Å². The number of nitrogens with zero attached hydrogens (tertiary/aromatic N) is 2. The molecule has 2 saturated heterocycles. The highest BCUT2D eigenvalue weighted by molar-refractivity contribution is 7.99. The molecule has 2 aliphatic heterocycles. The summed E-state index contributed by atoms with van der Waals surface area (Å²) in [5, 5.41) is 79.1. The summed E-state index contributed by atoms with van der Waals surface area (Å²) in [6.07, 6.45) is -7.01. The minimum Gasteiger partial charge on any atom is -0.394 e. The van der Waals surface area contributed by atoms with E-state index in [1.807, 2.05) is 12.1 Å². The molecule has 0 aromatic carbocycles. The monoisotopic (exact) mass is 572 g/mol. The van der Waals surface area contributed by atoms with Crippen LogP contribution in [0.5, 0.6) is 0 Å². The van der Waals surface area contributed by atoms with E-state index >= 15 is 0 Å². The van der Waals surface area contributed by atoms with Gasteiger partial charge in [0, 0.05) is 23.9 Å². The van der Waals surface area contributed by atoms with Gasteiger partial charge in [-0.05, 0) is 35.4 Å². The van der Waals surface area contributed by atoms with Crippen LogP contribution in [0.3, 0.4) is 0 Å². The standard InChI is InChI=1S/C24H32N2O10S2/c27-7-15-17(29)19(31)21(33)23(35-15)37-9-11-1-3-25-13(5-11)14-6-12(2-4-26-14)10-38-24-22(34)20(32)18(30)16(8-28)36-24/h1-6,15-24,27-34H,7-10H2/t15-,16-,17-,18-,19+,20+,21-,22-,23+,24+/m1/s1. The van der Waals surface area contributed by atoms with Crippen molar-refractivity contribution in [2.24, 2.45) is 0 Å². The third kappa shape index (κ3) is 6.66. The summed E-state index contributed by atoms with van der Waals surface area (Å²) in [4.78, 5) is 8.78. The average molecular weight is 573 g/mol. The fraction of sp³-hybridized carbons (Fsp3) is 0.583. The maximum Gasteiger partial charge on any atom is 0.132 e. The summed E-state index contributed by atoms with van der Waals surface area (Å²) in [6.45, 7) is -0.976. The fourth-order valence-electron chi connectivity index (χ4n) is 4.18. The molecule has 2 aromatic rings. The molecule has 12 nitrogen and oxygen atoms in total. The van der Waals surface area contributed by atoms with Gasteiger partial charge in [0.2, 0.25) is 0 Å². The molecule has 4 rings (SSSR count). The average Bonchev–Trinajstić information content (AvgIpc) is 2.94. The van der Waals surface area contributed by atoms with Crippen molar-refractivity contribution in [1.82, 2.24) is 9.97 Å². The molecular weight excluding hydrogens is 540 g/mol. The Morgan fingerprint density at radius 2 is 1.00 bits per heavy atom. The Morgan fingerprint density at radius 3 is 1.37 bits per heavy atom. The van der Waals surface area contributed by atoms with Gasteiger partial charge in [0.1, 0.15) is 59.7 Å². The Hall–Kier alpha value is -1.40. The van der Waals surface area contributed by atoms with E-state index in [9.17, 15) is 40.9 Å². The van der Waals surface area contributed by atoms with Crippen LogP contribution in [0.15, 0.2) is 36.7 Å². The van der Waals surface area contributed by atoms with Crippen molar-refractivity contribution in [2.45, 2.75) is 71.2 Å². The van der Waals surface area contributed by atoms with Crippen molar-refractivity contribution in [1.29, 1.82) is 0 Å². The molecule has 10 atom stereocenters. The van der Waals surface area contributed by atoms with Crippen LogP contribution in [0, 0.1) is 0 Å². The maximum absolute atomic E-state index is 10.3. The Morgan fingerprint density at radius 1 is 0.605 bits per heavy atom. The number of rotatable bonds is 9. The van der Waals surface area contributed by atoms with Crippen LogP contribution in [0.4, 0.5) is 0 Å². The Kier molecular flexibility index (Phi) is 10.4. The lowest BCUT2D eigenvalue weighted by Crippen LogP contribution is -2.57. The first-order valence-corrected chi connectivity index (χ1v) is 14.1. The summed E-state index contributed by atoms with van der Waals surface area (Å²) in [5.74, 6) is 0.787. The molecule has 4 heterocycles. The second-order valence-corrected chi connectivity index (χ2v) is 11.3. The number of pyridine rings is 2. The van der Waals surface area contributed by atoms with Crippen LogP contribution in [-0.2, 0) is 21.0 Å². The smallest absolute Gasteiger partial charge is 0.132 e. The number of aromatic nitrogens is 2. The third-order valence-electron chi connectivity index (χ3n) is 6.44. The second kappa shape index (κ2) is 13.3. The first-order chi connectivity index (χ1) is 18.2. The van der Waals surface area contributed by atoms with E-state index in [4.69, 9.17) is 9.47 Å². The zero-order valence-electron chi connectivity index (χ0n) is 20.2. The van der Waals surface area contributed by atoms with Crippen molar-refractivity contribution in [3.63, 3.8) is 0 Å². The first kappa shape index (κ1) is 29.6. The van der Waals surface area contributed by atoms with Crippen LogP contribution in [0.25, 0.3) is 11.4 Å². The highest BCUT2D eigenvalue weighted by Crippen LogP contribution is 2.33. The van der Waals surface area contributed by atoms with Crippen molar-refractivity contribution in [2.75, 3.05) is 13.2 Å². The van der Waals surface area contributed by atoms with Crippen LogP contribution in [0.2, 0.25) is 0 Å². The molecule has 0 unspecified atom stereocenters. The van der Waals surface area contributed by atoms with Gasteiger partial charge in [0.05, 0.1) is 24.6 Å². The van der Waals surface area contributed by atoms with Gasteiger partial charge in [0.25, 0.3) is 0 Å². The molecule has 0 saturated carbocycles. The summed E-state index contributed by atoms with van der Waals surface area (Å²) < 4.78 is 11.1. The molecule has 210 valence electrons. The van der Waals surface area contributed by atoms with Crippen molar-refractivity contribution in [3.05, 3.63) is 47.8 Å². The zero-order chi connectivity index (χ0) is 27.4. The number of hydrogen-bond donors (Lipinski definition) is 8. The van der Waals surface area contributed by atoms with E-state index < -0.39 is 72.9 Å². The number of aliphatic hydroxyl groups is 8. The molecule has 14 heteroatoms. The largest absolute Gasteiger partial charge is 0.394 e. The number of ether oxygens (including phenoxy) is 2. The minimum atomic E-state index is -1.43. The minimum absolute atomic E-state index is 0.394. The third-order valence-corrected chi connectivity index (χ3v) is 8.87. The topological polar surface area (TPSA) is 206 Å². The van der Waals surface area contributed by atoms with E-state index in [0.29, 0.717) is 22.9 Å². The zero-order valence-corrected chi connectivity index (χ0v) is 21.8.